The van der Waals surface area contributed by atoms with Gasteiger partial charge in [0.25, 0.3) is 0 Å². The van der Waals surface area contributed by atoms with Gasteiger partial charge < -0.3 is 19.8 Å². The van der Waals surface area contributed by atoms with Gasteiger partial charge in [-0.1, -0.05) is 12.2 Å². The van der Waals surface area contributed by atoms with Gasteiger partial charge in [0.1, 0.15) is 0 Å². The van der Waals surface area contributed by atoms with Crippen molar-refractivity contribution in [3.8, 4) is 0 Å². The highest BCUT2D eigenvalue weighted by Crippen LogP contribution is 2.11. The lowest BCUT2D eigenvalue weighted by atomic mass is 10.1. The molecule has 4 nitrogen and oxygen atoms in total. The molecule has 11 heavy (non-hydrogen) atoms. The Bertz CT molecular complexity index is 112. The third-order valence-corrected chi connectivity index (χ3v) is 1.23. The third kappa shape index (κ3) is 10.0. The Labute approximate surface area is 66.8 Å². The van der Waals surface area contributed by atoms with Crippen LogP contribution in [0.3, 0.4) is 0 Å². The van der Waals surface area contributed by atoms with Gasteiger partial charge in [-0.15, -0.1) is 0 Å². The van der Waals surface area contributed by atoms with Crippen LogP contribution in [0.1, 0.15) is 19.3 Å². The van der Waals surface area contributed by atoms with Gasteiger partial charge in [-0.05, 0) is 19.3 Å². The van der Waals surface area contributed by atoms with Crippen molar-refractivity contribution in [2.75, 3.05) is 0 Å². The zero-order valence-electron chi connectivity index (χ0n) is 6.09. The van der Waals surface area contributed by atoms with E-state index in [0.29, 0.717) is 0 Å². The van der Waals surface area contributed by atoms with E-state index in [1.807, 2.05) is 12.2 Å². The van der Waals surface area contributed by atoms with Gasteiger partial charge in [0.2, 0.25) is 0 Å². The van der Waals surface area contributed by atoms with Crippen LogP contribution in [0.5, 0.6) is 0 Å². The van der Waals surface area contributed by atoms with Crippen molar-refractivity contribution in [2.24, 2.45) is 0 Å². The van der Waals surface area contributed by atoms with Crippen molar-refractivity contribution in [1.82, 2.24) is 0 Å². The number of aliphatic hydroxyl groups is 1. The Kier molecular flexibility index (Phi) is 6.71. The Balaban J connectivity index is 0.000000218. The monoisotopic (exact) mass is 180 g/mol. The first kappa shape index (κ1) is 11.0. The molecule has 0 saturated carbocycles. The quantitative estimate of drug-likeness (QED) is 0.319. The van der Waals surface area contributed by atoms with Crippen molar-refractivity contribution in [3.05, 3.63) is 12.2 Å². The molecular weight excluding hydrogens is 167 g/mol. The largest absolute Gasteiger partial charge is 0.389 e. The Morgan fingerprint density at radius 1 is 1.27 bits per heavy atom. The van der Waals surface area contributed by atoms with E-state index in [9.17, 15) is 0 Å². The second kappa shape index (κ2) is 6.70. The van der Waals surface area contributed by atoms with Gasteiger partial charge in [0.15, 0.2) is 0 Å². The van der Waals surface area contributed by atoms with E-state index < -0.39 is 8.60 Å². The summed E-state index contributed by atoms with van der Waals surface area (Å²) in [5, 5.41) is 8.82. The van der Waals surface area contributed by atoms with Crippen LogP contribution in [0.15, 0.2) is 12.2 Å². The summed E-state index contributed by atoms with van der Waals surface area (Å²) in [6.45, 7) is 0. The molecule has 0 radical (unpaired) electrons. The van der Waals surface area contributed by atoms with E-state index in [-0.39, 0.29) is 6.10 Å². The van der Waals surface area contributed by atoms with Crippen LogP contribution in [-0.4, -0.2) is 25.9 Å². The zero-order chi connectivity index (χ0) is 8.69. The number of aliphatic hydroxyl groups excluding tert-OH is 1. The average molecular weight is 180 g/mol. The fourth-order valence-corrected chi connectivity index (χ4v) is 0.794. The fraction of sp³-hybridized carbons (Fsp3) is 0.667. The topological polar surface area (TPSA) is 80.9 Å². The fourth-order valence-electron chi connectivity index (χ4n) is 0.794. The van der Waals surface area contributed by atoms with E-state index >= 15 is 0 Å². The lowest BCUT2D eigenvalue weighted by Crippen LogP contribution is -2.04. The van der Waals surface area contributed by atoms with Crippen LogP contribution in [-0.2, 0) is 0 Å². The first-order valence-corrected chi connectivity index (χ1v) is 4.54. The third-order valence-electron chi connectivity index (χ3n) is 1.23. The number of hydrogen-bond donors (Lipinski definition) is 4. The number of allylic oxidation sites excluding steroid dienone is 1. The van der Waals surface area contributed by atoms with Crippen molar-refractivity contribution >= 4 is 8.60 Å². The smallest absolute Gasteiger partial charge is 0.324 e. The molecule has 0 amide bonds. The minimum atomic E-state index is -2.62. The molecule has 5 heteroatoms. The predicted octanol–water partition coefficient (Wildman–Crippen LogP) is 0.278. The average Bonchev–Trinajstić information content (AvgIpc) is 1.87. The van der Waals surface area contributed by atoms with E-state index in [2.05, 4.69) is 0 Å². The molecule has 0 bridgehead atoms. The standard InChI is InChI=1S/C6H10O.H3O3P/c7-6-4-2-1-3-5-6;1-4(2)3/h2,4,6-7H,1,3,5H2;1-3H. The first-order valence-electron chi connectivity index (χ1n) is 3.34. The maximum Gasteiger partial charge on any atom is 0.324 e. The van der Waals surface area contributed by atoms with Gasteiger partial charge in [0, 0.05) is 0 Å². The van der Waals surface area contributed by atoms with Crippen molar-refractivity contribution in [1.29, 1.82) is 0 Å². The lowest BCUT2D eigenvalue weighted by molar-refractivity contribution is 0.204. The summed E-state index contributed by atoms with van der Waals surface area (Å²) in [5.74, 6) is 0. The highest BCUT2D eigenvalue weighted by molar-refractivity contribution is 7.38. The molecular formula is C6H13O4P. The maximum atomic E-state index is 8.82. The minimum absolute atomic E-state index is 0.145. The molecule has 0 saturated heterocycles. The molecule has 1 aliphatic carbocycles. The maximum absolute atomic E-state index is 8.82. The van der Waals surface area contributed by atoms with Gasteiger partial charge in [-0.2, -0.15) is 0 Å². The lowest BCUT2D eigenvalue weighted by Gasteiger charge is -2.07. The molecule has 0 heterocycles. The second-order valence-corrected chi connectivity index (χ2v) is 2.73. The van der Waals surface area contributed by atoms with E-state index in [1.165, 1.54) is 0 Å². The summed E-state index contributed by atoms with van der Waals surface area (Å²) in [4.78, 5) is 21.7. The van der Waals surface area contributed by atoms with E-state index in [1.54, 1.807) is 0 Å². The molecule has 1 rings (SSSR count). The van der Waals surface area contributed by atoms with E-state index in [0.717, 1.165) is 19.3 Å². The number of rotatable bonds is 0. The summed E-state index contributed by atoms with van der Waals surface area (Å²) in [6.07, 6.45) is 7.01. The van der Waals surface area contributed by atoms with Crippen LogP contribution < -0.4 is 0 Å². The molecule has 0 aromatic rings. The highest BCUT2D eigenvalue weighted by atomic mass is 31.2. The van der Waals surface area contributed by atoms with Gasteiger partial charge in [0.05, 0.1) is 6.10 Å². The van der Waals surface area contributed by atoms with Crippen LogP contribution in [0.4, 0.5) is 0 Å². The normalized spacial score (nSPS) is 22.8. The SMILES string of the molecule is OC1C=CCCC1.OP(O)O. The van der Waals surface area contributed by atoms with Crippen LogP contribution in [0, 0.1) is 0 Å². The molecule has 0 aromatic heterocycles. The molecule has 1 unspecified atom stereocenters. The summed E-state index contributed by atoms with van der Waals surface area (Å²) in [5.41, 5.74) is 0. The molecule has 0 spiro atoms. The Hall–Kier alpha value is 0.01000. The van der Waals surface area contributed by atoms with Crippen molar-refractivity contribution < 1.29 is 19.8 Å². The van der Waals surface area contributed by atoms with Crippen molar-refractivity contribution in [2.45, 2.75) is 25.4 Å². The first-order chi connectivity index (χ1) is 5.13. The molecule has 4 N–H and O–H groups in total. The molecule has 1 aliphatic rings. The predicted molar refractivity (Wildman–Crippen MR) is 42.6 cm³/mol. The van der Waals surface area contributed by atoms with Crippen molar-refractivity contribution in [3.63, 3.8) is 0 Å². The Morgan fingerprint density at radius 3 is 2.00 bits per heavy atom. The minimum Gasteiger partial charge on any atom is -0.389 e. The van der Waals surface area contributed by atoms with Gasteiger partial charge >= 0.3 is 8.60 Å². The summed E-state index contributed by atoms with van der Waals surface area (Å²) >= 11 is 0. The molecule has 0 fully saturated rings. The van der Waals surface area contributed by atoms with Crippen LogP contribution in [0.25, 0.3) is 0 Å². The van der Waals surface area contributed by atoms with Crippen LogP contribution >= 0.6 is 8.60 Å². The Morgan fingerprint density at radius 2 is 1.82 bits per heavy atom. The highest BCUT2D eigenvalue weighted by Gasteiger charge is 2.00. The van der Waals surface area contributed by atoms with E-state index in [4.69, 9.17) is 19.8 Å². The summed E-state index contributed by atoms with van der Waals surface area (Å²) in [6, 6.07) is 0. The summed E-state index contributed by atoms with van der Waals surface area (Å²) in [7, 11) is -2.62. The van der Waals surface area contributed by atoms with Crippen LogP contribution in [0.2, 0.25) is 0 Å². The molecule has 0 aromatic carbocycles. The van der Waals surface area contributed by atoms with Gasteiger partial charge in [-0.3, -0.25) is 0 Å². The molecule has 66 valence electrons. The second-order valence-electron chi connectivity index (χ2n) is 2.19. The van der Waals surface area contributed by atoms with Gasteiger partial charge in [-0.25, -0.2) is 0 Å². The zero-order valence-corrected chi connectivity index (χ0v) is 6.98. The summed E-state index contributed by atoms with van der Waals surface area (Å²) < 4.78 is 0. The number of hydrogen-bond acceptors (Lipinski definition) is 4. The molecule has 1 atom stereocenters. The molecule has 0 aliphatic heterocycles.